The van der Waals surface area contributed by atoms with Gasteiger partial charge in [-0.25, -0.2) is 4.79 Å². The molecule has 29 heavy (non-hydrogen) atoms. The highest BCUT2D eigenvalue weighted by atomic mass is 16.3. The number of hydrogen-bond donors (Lipinski definition) is 4. The zero-order chi connectivity index (χ0) is 20.6. The van der Waals surface area contributed by atoms with Gasteiger partial charge >= 0.3 is 6.03 Å². The minimum atomic E-state index is -0.337. The van der Waals surface area contributed by atoms with Gasteiger partial charge in [0.1, 0.15) is 5.75 Å². The van der Waals surface area contributed by atoms with E-state index in [1.807, 2.05) is 19.1 Å². The van der Waals surface area contributed by atoms with E-state index in [0.717, 1.165) is 18.4 Å². The van der Waals surface area contributed by atoms with E-state index >= 15 is 0 Å². The molecule has 0 unspecified atom stereocenters. The molecule has 1 aromatic heterocycles. The number of phenolic OH excluding ortho intramolecular Hbond substituents is 1. The molecule has 1 heterocycles. The summed E-state index contributed by atoms with van der Waals surface area (Å²) in [5, 5.41) is 17.7. The number of aryl methyl sites for hydroxylation is 1. The number of anilines is 2. The van der Waals surface area contributed by atoms with E-state index in [4.69, 9.17) is 4.42 Å². The first-order valence-electron chi connectivity index (χ1n) is 9.30. The molecular formula is C22H23N3O4. The highest BCUT2D eigenvalue weighted by Gasteiger charge is 2.10. The van der Waals surface area contributed by atoms with E-state index in [-0.39, 0.29) is 29.5 Å². The summed E-state index contributed by atoms with van der Waals surface area (Å²) in [6.45, 7) is 1.94. The lowest BCUT2D eigenvalue weighted by molar-refractivity contribution is 0.0996. The molecule has 7 nitrogen and oxygen atoms in total. The molecule has 150 valence electrons. The molecule has 0 aliphatic heterocycles. The molecular weight excluding hydrogens is 370 g/mol. The normalized spacial score (nSPS) is 11.5. The first kappa shape index (κ1) is 20.0. The maximum Gasteiger partial charge on any atom is 0.319 e. The van der Waals surface area contributed by atoms with Crippen LogP contribution in [0.15, 0.2) is 71.3 Å². The van der Waals surface area contributed by atoms with Crippen LogP contribution in [0, 0.1) is 0 Å². The number of urea groups is 1. The van der Waals surface area contributed by atoms with Gasteiger partial charge in [-0.1, -0.05) is 12.1 Å². The number of carbonyl (C=O) groups is 2. The molecule has 0 aliphatic rings. The molecule has 4 N–H and O–H groups in total. The lowest BCUT2D eigenvalue weighted by Gasteiger charge is -2.15. The van der Waals surface area contributed by atoms with Crippen LogP contribution in [-0.2, 0) is 6.42 Å². The Morgan fingerprint density at radius 3 is 2.24 bits per heavy atom. The van der Waals surface area contributed by atoms with Gasteiger partial charge in [0.25, 0.3) is 5.91 Å². The molecule has 0 bridgehead atoms. The van der Waals surface area contributed by atoms with Crippen LogP contribution >= 0.6 is 0 Å². The molecule has 0 radical (unpaired) electrons. The van der Waals surface area contributed by atoms with Crippen molar-refractivity contribution in [3.8, 4) is 5.75 Å². The Morgan fingerprint density at radius 1 is 0.966 bits per heavy atom. The molecule has 1 atom stereocenters. The Balaban J connectivity index is 1.43. The second-order valence-corrected chi connectivity index (χ2v) is 6.71. The lowest BCUT2D eigenvalue weighted by atomic mass is 10.1. The maximum absolute atomic E-state index is 12.2. The number of rotatable bonds is 7. The van der Waals surface area contributed by atoms with Crippen LogP contribution in [0.25, 0.3) is 0 Å². The van der Waals surface area contributed by atoms with Crippen molar-refractivity contribution in [3.05, 3.63) is 78.3 Å². The summed E-state index contributed by atoms with van der Waals surface area (Å²) >= 11 is 0. The zero-order valence-electron chi connectivity index (χ0n) is 16.0. The van der Waals surface area contributed by atoms with Crippen LogP contribution < -0.4 is 16.0 Å². The van der Waals surface area contributed by atoms with Crippen molar-refractivity contribution in [2.45, 2.75) is 25.8 Å². The van der Waals surface area contributed by atoms with Gasteiger partial charge in [-0.15, -0.1) is 0 Å². The number of aromatic hydroxyl groups is 1. The van der Waals surface area contributed by atoms with Gasteiger partial charge in [-0.05, 0) is 73.9 Å². The molecule has 0 spiro atoms. The minimum Gasteiger partial charge on any atom is -0.508 e. The largest absolute Gasteiger partial charge is 0.508 e. The standard InChI is InChI=1S/C22H23N3O4/c1-15(4-5-16-6-12-19(26)13-7-16)23-22(28)25-18-10-8-17(9-11-18)24-21(27)20-3-2-14-29-20/h2-3,6-15,26H,4-5H2,1H3,(H,24,27)(H2,23,25,28)/t15-/m0/s1. The van der Waals surface area contributed by atoms with Gasteiger partial charge in [0, 0.05) is 17.4 Å². The van der Waals surface area contributed by atoms with Crippen LogP contribution in [0.4, 0.5) is 16.2 Å². The topological polar surface area (TPSA) is 104 Å². The Kier molecular flexibility index (Phi) is 6.52. The van der Waals surface area contributed by atoms with Crippen molar-refractivity contribution in [2.75, 3.05) is 10.6 Å². The van der Waals surface area contributed by atoms with E-state index < -0.39 is 0 Å². The fourth-order valence-corrected chi connectivity index (χ4v) is 2.75. The van der Waals surface area contributed by atoms with Crippen molar-refractivity contribution in [1.29, 1.82) is 0 Å². The molecule has 0 aliphatic carbocycles. The smallest absolute Gasteiger partial charge is 0.319 e. The Labute approximate surface area is 168 Å². The summed E-state index contributed by atoms with van der Waals surface area (Å²) in [5.74, 6) is 0.134. The van der Waals surface area contributed by atoms with Gasteiger partial charge in [0.15, 0.2) is 5.76 Å². The van der Waals surface area contributed by atoms with E-state index in [1.165, 1.54) is 6.26 Å². The third-order valence-corrected chi connectivity index (χ3v) is 4.33. The summed E-state index contributed by atoms with van der Waals surface area (Å²) in [6.07, 6.45) is 3.01. The van der Waals surface area contributed by atoms with Crippen LogP contribution in [-0.4, -0.2) is 23.1 Å². The van der Waals surface area contributed by atoms with Gasteiger partial charge in [0.2, 0.25) is 0 Å². The molecule has 3 rings (SSSR count). The zero-order valence-corrected chi connectivity index (χ0v) is 16.0. The van der Waals surface area contributed by atoms with E-state index in [0.29, 0.717) is 11.4 Å². The predicted octanol–water partition coefficient (Wildman–Crippen LogP) is 4.38. The second kappa shape index (κ2) is 9.45. The second-order valence-electron chi connectivity index (χ2n) is 6.71. The Hall–Kier alpha value is -3.74. The number of benzene rings is 2. The summed E-state index contributed by atoms with van der Waals surface area (Å²) in [6, 6.07) is 16.8. The van der Waals surface area contributed by atoms with Crippen LogP contribution in [0.1, 0.15) is 29.5 Å². The monoisotopic (exact) mass is 393 g/mol. The van der Waals surface area contributed by atoms with E-state index in [9.17, 15) is 14.7 Å². The highest BCUT2D eigenvalue weighted by molar-refractivity contribution is 6.02. The molecule has 0 saturated heterocycles. The quantitative estimate of drug-likeness (QED) is 0.478. The Bertz CT molecular complexity index is 935. The number of amides is 3. The summed E-state index contributed by atoms with van der Waals surface area (Å²) in [7, 11) is 0. The molecule has 3 amide bonds. The van der Waals surface area contributed by atoms with Crippen molar-refractivity contribution >= 4 is 23.3 Å². The number of carbonyl (C=O) groups excluding carboxylic acids is 2. The summed E-state index contributed by atoms with van der Waals surface area (Å²) in [4.78, 5) is 24.1. The number of furan rings is 1. The van der Waals surface area contributed by atoms with Crippen molar-refractivity contribution < 1.29 is 19.1 Å². The molecule has 7 heteroatoms. The summed E-state index contributed by atoms with van der Waals surface area (Å²) < 4.78 is 5.05. The van der Waals surface area contributed by atoms with Crippen LogP contribution in [0.3, 0.4) is 0 Å². The summed E-state index contributed by atoms with van der Waals surface area (Å²) in [5.41, 5.74) is 2.31. The predicted molar refractivity (Wildman–Crippen MR) is 111 cm³/mol. The third-order valence-electron chi connectivity index (χ3n) is 4.33. The van der Waals surface area contributed by atoms with Crippen LogP contribution in [0.5, 0.6) is 5.75 Å². The van der Waals surface area contributed by atoms with Gasteiger partial charge in [0.05, 0.1) is 6.26 Å². The minimum absolute atomic E-state index is 0.0179. The maximum atomic E-state index is 12.2. The molecule has 0 saturated carbocycles. The van der Waals surface area contributed by atoms with Gasteiger partial charge < -0.3 is 25.5 Å². The average molecular weight is 393 g/mol. The highest BCUT2D eigenvalue weighted by Crippen LogP contribution is 2.15. The van der Waals surface area contributed by atoms with Gasteiger partial charge in [-0.2, -0.15) is 0 Å². The fraction of sp³-hybridized carbons (Fsp3) is 0.182. The first-order chi connectivity index (χ1) is 14.0. The lowest BCUT2D eigenvalue weighted by Crippen LogP contribution is -2.36. The van der Waals surface area contributed by atoms with Gasteiger partial charge in [-0.3, -0.25) is 4.79 Å². The number of hydrogen-bond acceptors (Lipinski definition) is 4. The van der Waals surface area contributed by atoms with Crippen LogP contribution in [0.2, 0.25) is 0 Å². The SMILES string of the molecule is C[C@@H](CCc1ccc(O)cc1)NC(=O)Nc1ccc(NC(=O)c2ccco2)cc1. The fourth-order valence-electron chi connectivity index (χ4n) is 2.75. The number of nitrogens with one attached hydrogen (secondary N) is 3. The van der Waals surface area contributed by atoms with E-state index in [2.05, 4.69) is 16.0 Å². The van der Waals surface area contributed by atoms with E-state index in [1.54, 1.807) is 48.5 Å². The Morgan fingerprint density at radius 2 is 1.62 bits per heavy atom. The van der Waals surface area contributed by atoms with Crippen molar-refractivity contribution in [2.24, 2.45) is 0 Å². The molecule has 2 aromatic carbocycles. The molecule has 3 aromatic rings. The molecule has 0 fully saturated rings. The van der Waals surface area contributed by atoms with Crippen molar-refractivity contribution in [1.82, 2.24) is 5.32 Å². The first-order valence-corrected chi connectivity index (χ1v) is 9.30. The van der Waals surface area contributed by atoms with Crippen molar-refractivity contribution in [3.63, 3.8) is 0 Å². The average Bonchev–Trinajstić information content (AvgIpc) is 3.24. The number of phenols is 1. The third kappa shape index (κ3) is 6.14.